The van der Waals surface area contributed by atoms with Crippen molar-refractivity contribution in [1.29, 1.82) is 0 Å². The molecular weight excluding hydrogens is 335 g/mol. The predicted molar refractivity (Wildman–Crippen MR) is 85.4 cm³/mol. The van der Waals surface area contributed by atoms with E-state index in [0.717, 1.165) is 11.3 Å². The summed E-state index contributed by atoms with van der Waals surface area (Å²) in [7, 11) is 0. The number of hydrogen-bond donors (Lipinski definition) is 2. The van der Waals surface area contributed by atoms with Gasteiger partial charge in [-0.15, -0.1) is 0 Å². The molecule has 110 valence electrons. The van der Waals surface area contributed by atoms with Crippen LogP contribution in [0, 0.1) is 12.7 Å². The summed E-state index contributed by atoms with van der Waals surface area (Å²) in [5.41, 5.74) is 6.07. The molecule has 0 aromatic heterocycles. The van der Waals surface area contributed by atoms with Crippen molar-refractivity contribution in [3.63, 3.8) is 0 Å². The summed E-state index contributed by atoms with van der Waals surface area (Å²) < 4.78 is 14.8. The number of nitrogens with two attached hydrogens (primary N) is 1. The minimum absolute atomic E-state index is 0.202. The van der Waals surface area contributed by atoms with Crippen LogP contribution in [-0.2, 0) is 10.3 Å². The third kappa shape index (κ3) is 3.08. The highest BCUT2D eigenvalue weighted by atomic mass is 79.9. The van der Waals surface area contributed by atoms with E-state index in [9.17, 15) is 9.18 Å². The Kier molecular flexibility index (Phi) is 4.32. The molecule has 0 radical (unpaired) electrons. The van der Waals surface area contributed by atoms with Gasteiger partial charge in [0.05, 0.1) is 0 Å². The van der Waals surface area contributed by atoms with Gasteiger partial charge in [-0.2, -0.15) is 0 Å². The highest BCUT2D eigenvalue weighted by Gasteiger charge is 2.36. The normalized spacial score (nSPS) is 13.5. The van der Waals surface area contributed by atoms with E-state index in [-0.39, 0.29) is 5.56 Å². The SMILES string of the molecule is Cc1ccccc1NC(C)(C(N)=O)c1cc(Br)ccc1F. The number of anilines is 1. The van der Waals surface area contributed by atoms with E-state index >= 15 is 0 Å². The molecule has 5 heteroatoms. The third-order valence-corrected chi connectivity index (χ3v) is 3.98. The van der Waals surface area contributed by atoms with Crippen molar-refractivity contribution in [2.75, 3.05) is 5.32 Å². The first-order valence-electron chi connectivity index (χ1n) is 6.44. The molecule has 0 aliphatic carbocycles. The van der Waals surface area contributed by atoms with Crippen LogP contribution < -0.4 is 11.1 Å². The Balaban J connectivity index is 2.53. The fourth-order valence-corrected chi connectivity index (χ4v) is 2.49. The van der Waals surface area contributed by atoms with Gasteiger partial charge in [-0.25, -0.2) is 4.39 Å². The summed E-state index contributed by atoms with van der Waals surface area (Å²) in [6, 6.07) is 11.9. The summed E-state index contributed by atoms with van der Waals surface area (Å²) in [6.45, 7) is 3.48. The number of primary amides is 1. The minimum atomic E-state index is -1.35. The summed E-state index contributed by atoms with van der Waals surface area (Å²) in [5.74, 6) is -1.14. The number of aryl methyl sites for hydroxylation is 1. The second-order valence-electron chi connectivity index (χ2n) is 5.05. The zero-order valence-electron chi connectivity index (χ0n) is 11.8. The maximum atomic E-state index is 14.2. The molecular formula is C16H16BrFN2O. The molecule has 1 amide bonds. The van der Waals surface area contributed by atoms with Gasteiger partial charge in [0.1, 0.15) is 11.4 Å². The number of amides is 1. The molecule has 0 aliphatic heterocycles. The number of nitrogens with one attached hydrogen (secondary N) is 1. The van der Waals surface area contributed by atoms with E-state index in [0.29, 0.717) is 4.47 Å². The largest absolute Gasteiger partial charge is 0.368 e. The highest BCUT2D eigenvalue weighted by Crippen LogP contribution is 2.31. The van der Waals surface area contributed by atoms with E-state index in [2.05, 4.69) is 21.2 Å². The van der Waals surface area contributed by atoms with Crippen molar-refractivity contribution in [2.45, 2.75) is 19.4 Å². The first-order valence-corrected chi connectivity index (χ1v) is 7.23. The number of benzene rings is 2. The Morgan fingerprint density at radius 2 is 1.95 bits per heavy atom. The van der Waals surface area contributed by atoms with Crippen LogP contribution in [-0.4, -0.2) is 5.91 Å². The molecule has 2 aromatic rings. The highest BCUT2D eigenvalue weighted by molar-refractivity contribution is 9.10. The summed E-state index contributed by atoms with van der Waals surface area (Å²) in [5, 5.41) is 3.07. The van der Waals surface area contributed by atoms with Crippen LogP contribution in [0.15, 0.2) is 46.9 Å². The van der Waals surface area contributed by atoms with E-state index in [1.807, 2.05) is 31.2 Å². The van der Waals surface area contributed by atoms with E-state index in [1.165, 1.54) is 6.07 Å². The molecule has 0 fully saturated rings. The number of carbonyl (C=O) groups excluding carboxylic acids is 1. The number of carbonyl (C=O) groups is 1. The zero-order valence-corrected chi connectivity index (χ0v) is 13.4. The Labute approximate surface area is 131 Å². The average molecular weight is 351 g/mol. The molecule has 0 heterocycles. The van der Waals surface area contributed by atoms with Gasteiger partial charge in [-0.1, -0.05) is 34.1 Å². The van der Waals surface area contributed by atoms with Crippen LogP contribution in [0.2, 0.25) is 0 Å². The smallest absolute Gasteiger partial charge is 0.247 e. The van der Waals surface area contributed by atoms with Gasteiger partial charge in [-0.05, 0) is 43.7 Å². The van der Waals surface area contributed by atoms with Gasteiger partial charge < -0.3 is 11.1 Å². The van der Waals surface area contributed by atoms with Crippen LogP contribution in [0.1, 0.15) is 18.1 Å². The van der Waals surface area contributed by atoms with Gasteiger partial charge in [0.2, 0.25) is 5.91 Å². The Bertz CT molecular complexity index is 690. The van der Waals surface area contributed by atoms with Gasteiger partial charge in [0, 0.05) is 15.7 Å². The van der Waals surface area contributed by atoms with Crippen molar-refractivity contribution in [3.8, 4) is 0 Å². The predicted octanol–water partition coefficient (Wildman–Crippen LogP) is 3.71. The Morgan fingerprint density at radius 1 is 1.29 bits per heavy atom. The molecule has 2 aromatic carbocycles. The first-order chi connectivity index (χ1) is 9.84. The minimum Gasteiger partial charge on any atom is -0.368 e. The van der Waals surface area contributed by atoms with Gasteiger partial charge in [0.25, 0.3) is 0 Å². The van der Waals surface area contributed by atoms with E-state index in [1.54, 1.807) is 19.1 Å². The van der Waals surface area contributed by atoms with Crippen molar-refractivity contribution in [2.24, 2.45) is 5.73 Å². The van der Waals surface area contributed by atoms with Crippen molar-refractivity contribution in [3.05, 3.63) is 63.9 Å². The van der Waals surface area contributed by atoms with Crippen LogP contribution >= 0.6 is 15.9 Å². The molecule has 3 N–H and O–H groups in total. The summed E-state index contributed by atoms with van der Waals surface area (Å²) >= 11 is 3.29. The Morgan fingerprint density at radius 3 is 2.57 bits per heavy atom. The lowest BCUT2D eigenvalue weighted by Gasteiger charge is -2.30. The van der Waals surface area contributed by atoms with Crippen LogP contribution in [0.5, 0.6) is 0 Å². The molecule has 0 aliphatic rings. The van der Waals surface area contributed by atoms with Gasteiger partial charge >= 0.3 is 0 Å². The second-order valence-corrected chi connectivity index (χ2v) is 5.97. The van der Waals surface area contributed by atoms with Crippen molar-refractivity contribution < 1.29 is 9.18 Å². The monoisotopic (exact) mass is 350 g/mol. The third-order valence-electron chi connectivity index (χ3n) is 3.49. The number of halogens is 2. The standard InChI is InChI=1S/C16H16BrFN2O/c1-10-5-3-4-6-14(10)20-16(2,15(19)21)12-9-11(17)7-8-13(12)18/h3-9,20H,1-2H3,(H2,19,21). The van der Waals surface area contributed by atoms with Crippen LogP contribution in [0.25, 0.3) is 0 Å². The van der Waals surface area contributed by atoms with Crippen molar-refractivity contribution >= 4 is 27.5 Å². The second kappa shape index (κ2) is 5.85. The molecule has 21 heavy (non-hydrogen) atoms. The molecule has 0 saturated heterocycles. The number of rotatable bonds is 4. The lowest BCUT2D eigenvalue weighted by Crippen LogP contribution is -2.46. The molecule has 2 rings (SSSR count). The molecule has 1 atom stereocenters. The molecule has 0 saturated carbocycles. The Hall–Kier alpha value is -1.88. The lowest BCUT2D eigenvalue weighted by molar-refractivity contribution is -0.122. The van der Waals surface area contributed by atoms with Gasteiger partial charge in [0.15, 0.2) is 0 Å². The van der Waals surface area contributed by atoms with E-state index < -0.39 is 17.3 Å². The maximum Gasteiger partial charge on any atom is 0.247 e. The average Bonchev–Trinajstić information content (AvgIpc) is 2.43. The summed E-state index contributed by atoms with van der Waals surface area (Å²) in [6.07, 6.45) is 0. The van der Waals surface area contributed by atoms with Crippen LogP contribution in [0.3, 0.4) is 0 Å². The summed E-state index contributed by atoms with van der Waals surface area (Å²) in [4.78, 5) is 12.0. The zero-order chi connectivity index (χ0) is 15.6. The first kappa shape index (κ1) is 15.5. The van der Waals surface area contributed by atoms with Crippen molar-refractivity contribution in [1.82, 2.24) is 0 Å². The molecule has 3 nitrogen and oxygen atoms in total. The van der Waals surface area contributed by atoms with Gasteiger partial charge in [-0.3, -0.25) is 4.79 Å². The molecule has 0 bridgehead atoms. The fourth-order valence-electron chi connectivity index (χ4n) is 2.12. The quantitative estimate of drug-likeness (QED) is 0.882. The number of para-hydroxylation sites is 1. The molecule has 1 unspecified atom stereocenters. The topological polar surface area (TPSA) is 55.1 Å². The molecule has 0 spiro atoms. The van der Waals surface area contributed by atoms with Crippen LogP contribution in [0.4, 0.5) is 10.1 Å². The maximum absolute atomic E-state index is 14.2. The van der Waals surface area contributed by atoms with E-state index in [4.69, 9.17) is 5.73 Å². The number of hydrogen-bond acceptors (Lipinski definition) is 2. The lowest BCUT2D eigenvalue weighted by atomic mass is 9.90. The fraction of sp³-hybridized carbons (Fsp3) is 0.188.